The van der Waals surface area contributed by atoms with E-state index in [1.165, 1.54) is 12.2 Å². The molecule has 0 aliphatic carbocycles. The van der Waals surface area contributed by atoms with Crippen LogP contribution < -0.4 is 0 Å². The van der Waals surface area contributed by atoms with Gasteiger partial charge < -0.3 is 29.2 Å². The zero-order chi connectivity index (χ0) is 38.1. The van der Waals surface area contributed by atoms with Gasteiger partial charge in [0.25, 0.3) is 0 Å². The average Bonchev–Trinajstić information content (AvgIpc) is 3.41. The number of hydrogen-bond acceptors (Lipinski definition) is 8. The van der Waals surface area contributed by atoms with Crippen LogP contribution in [0.1, 0.15) is 115 Å². The minimum absolute atomic E-state index is 0.221. The van der Waals surface area contributed by atoms with Crippen LogP contribution in [-0.2, 0) is 18.9 Å². The highest BCUT2D eigenvalue weighted by Gasteiger charge is 2.47. The Morgan fingerprint density at radius 3 is 1.75 bits per heavy atom. The van der Waals surface area contributed by atoms with Crippen molar-refractivity contribution >= 4 is 11.9 Å². The summed E-state index contributed by atoms with van der Waals surface area (Å²) in [4.78, 5) is 24.7. The normalized spacial score (nSPS) is 19.9. The topological polar surface area (TPSA) is 112 Å². The molecule has 1 saturated heterocycles. The van der Waals surface area contributed by atoms with Crippen LogP contribution in [-0.4, -0.2) is 64.6 Å². The van der Waals surface area contributed by atoms with Gasteiger partial charge in [-0.15, -0.1) is 0 Å². The Bertz CT molecular complexity index is 1380. The highest BCUT2D eigenvalue weighted by molar-refractivity contribution is 5.90. The van der Waals surface area contributed by atoms with Crippen molar-refractivity contribution < 1.29 is 47.5 Å². The molecular formula is C41H58F2O8. The first-order valence-corrected chi connectivity index (χ1v) is 18.0. The van der Waals surface area contributed by atoms with Crippen LogP contribution in [0, 0.1) is 11.8 Å². The predicted molar refractivity (Wildman–Crippen MR) is 194 cm³/mol. The zero-order valence-electron chi connectivity index (χ0n) is 31.4. The summed E-state index contributed by atoms with van der Waals surface area (Å²) in [6, 6.07) is 16.8. The molecule has 1 fully saturated rings. The second-order valence-corrected chi connectivity index (χ2v) is 14.1. The lowest BCUT2D eigenvalue weighted by atomic mass is 10.0. The van der Waals surface area contributed by atoms with Crippen molar-refractivity contribution in [1.29, 1.82) is 0 Å². The monoisotopic (exact) mass is 716 g/mol. The highest BCUT2D eigenvalue weighted by atomic mass is 19.1. The second-order valence-electron chi connectivity index (χ2n) is 14.1. The standard InChI is InChI=1S/C22H31FO4.C19H27FO4/c1-6-10-18-20(27-22(4,5)26-18)19(17(23)14-13-15(2)3)25-21(24)16-11-8-7-9-12-16;1-4-8-16(21)17(22)18(15(20)12-11-13(2)3)24-19(23)14-9-6-5-7-10-14/h7-9,11-12,14-15,18-20H,6,10,13H2,1-5H3;5-7,9-10,12-13,16-18,21-22H,4,8,11H2,1-3H3/b17-14+;15-12+. The van der Waals surface area contributed by atoms with E-state index >= 15 is 4.39 Å². The smallest absolute Gasteiger partial charge is 0.338 e. The lowest BCUT2D eigenvalue weighted by Crippen LogP contribution is -2.40. The molecule has 1 aliphatic heterocycles. The molecule has 0 saturated carbocycles. The average molecular weight is 717 g/mol. The maximum absolute atomic E-state index is 15.1. The molecule has 1 aliphatic rings. The first-order valence-electron chi connectivity index (χ1n) is 18.0. The maximum Gasteiger partial charge on any atom is 0.338 e. The summed E-state index contributed by atoms with van der Waals surface area (Å²) in [6.07, 6.45) is -0.0818. The molecule has 0 aromatic heterocycles. The van der Waals surface area contributed by atoms with Crippen LogP contribution in [0.4, 0.5) is 8.78 Å². The third kappa shape index (κ3) is 15.0. The van der Waals surface area contributed by atoms with Gasteiger partial charge in [-0.2, -0.15) is 0 Å². The van der Waals surface area contributed by atoms with Gasteiger partial charge in [-0.25, -0.2) is 18.4 Å². The van der Waals surface area contributed by atoms with E-state index in [1.54, 1.807) is 68.4 Å². The summed E-state index contributed by atoms with van der Waals surface area (Å²) in [5.41, 5.74) is 0.640. The van der Waals surface area contributed by atoms with E-state index < -0.39 is 59.9 Å². The van der Waals surface area contributed by atoms with Gasteiger partial charge >= 0.3 is 11.9 Å². The first-order chi connectivity index (χ1) is 24.1. The molecule has 2 aromatic carbocycles. The summed E-state index contributed by atoms with van der Waals surface area (Å²) in [6.45, 7) is 15.3. The fourth-order valence-electron chi connectivity index (χ4n) is 5.31. The Kier molecular flexibility index (Phi) is 18.7. The summed E-state index contributed by atoms with van der Waals surface area (Å²) in [7, 11) is 0. The number of benzene rings is 2. The number of allylic oxidation sites excluding steroid dienone is 2. The van der Waals surface area contributed by atoms with Gasteiger partial charge in [-0.1, -0.05) is 90.8 Å². The first kappa shape index (κ1) is 43.7. The van der Waals surface area contributed by atoms with Crippen molar-refractivity contribution in [3.05, 3.63) is 95.6 Å². The van der Waals surface area contributed by atoms with Crippen molar-refractivity contribution in [2.75, 3.05) is 0 Å². The molecule has 1 heterocycles. The van der Waals surface area contributed by atoms with Gasteiger partial charge in [0, 0.05) is 0 Å². The number of carbonyl (C=O) groups excluding carboxylic acids is 2. The molecule has 8 nitrogen and oxygen atoms in total. The lowest BCUT2D eigenvalue weighted by Gasteiger charge is -2.26. The molecule has 2 N–H and O–H groups in total. The van der Waals surface area contributed by atoms with E-state index in [9.17, 15) is 24.2 Å². The quantitative estimate of drug-likeness (QED) is 0.156. The Labute approximate surface area is 302 Å². The van der Waals surface area contributed by atoms with E-state index in [0.29, 0.717) is 37.2 Å². The van der Waals surface area contributed by atoms with E-state index in [2.05, 4.69) is 0 Å². The Morgan fingerprint density at radius 1 is 0.784 bits per heavy atom. The predicted octanol–water partition coefficient (Wildman–Crippen LogP) is 9.07. The number of hydrogen-bond donors (Lipinski definition) is 2. The van der Waals surface area contributed by atoms with E-state index in [0.717, 1.165) is 6.42 Å². The lowest BCUT2D eigenvalue weighted by molar-refractivity contribution is -0.154. The van der Waals surface area contributed by atoms with Crippen molar-refractivity contribution in [2.45, 2.75) is 136 Å². The zero-order valence-corrected chi connectivity index (χ0v) is 31.4. The van der Waals surface area contributed by atoms with Crippen LogP contribution in [0.5, 0.6) is 0 Å². The van der Waals surface area contributed by atoms with E-state index in [4.69, 9.17) is 18.9 Å². The summed E-state index contributed by atoms with van der Waals surface area (Å²) < 4.78 is 52.2. The molecule has 10 heteroatoms. The highest BCUT2D eigenvalue weighted by Crippen LogP contribution is 2.36. The number of esters is 2. The summed E-state index contributed by atoms with van der Waals surface area (Å²) >= 11 is 0. The van der Waals surface area contributed by atoms with Crippen molar-refractivity contribution in [3.8, 4) is 0 Å². The number of halogens is 2. The number of rotatable bonds is 17. The van der Waals surface area contributed by atoms with Crippen molar-refractivity contribution in [1.82, 2.24) is 0 Å². The molecule has 6 unspecified atom stereocenters. The largest absolute Gasteiger partial charge is 0.449 e. The molecule has 2 aromatic rings. The van der Waals surface area contributed by atoms with E-state index in [-0.39, 0.29) is 24.0 Å². The molecule has 51 heavy (non-hydrogen) atoms. The number of carbonyl (C=O) groups is 2. The molecule has 0 radical (unpaired) electrons. The van der Waals surface area contributed by atoms with E-state index in [1.807, 2.05) is 47.6 Å². The van der Waals surface area contributed by atoms with Crippen LogP contribution in [0.2, 0.25) is 0 Å². The molecule has 0 spiro atoms. The fourth-order valence-corrected chi connectivity index (χ4v) is 5.31. The van der Waals surface area contributed by atoms with Crippen molar-refractivity contribution in [3.63, 3.8) is 0 Å². The number of ether oxygens (including phenoxy) is 4. The molecule has 6 atom stereocenters. The van der Waals surface area contributed by atoms with Gasteiger partial charge in [0.05, 0.1) is 23.3 Å². The van der Waals surface area contributed by atoms with Crippen LogP contribution >= 0.6 is 0 Å². The summed E-state index contributed by atoms with van der Waals surface area (Å²) in [5.74, 6) is -2.87. The minimum Gasteiger partial charge on any atom is -0.449 e. The van der Waals surface area contributed by atoms with Gasteiger partial charge in [0.15, 0.2) is 18.0 Å². The fraction of sp³-hybridized carbons (Fsp3) is 0.561. The second kappa shape index (κ2) is 21.8. The van der Waals surface area contributed by atoms with Gasteiger partial charge in [-0.05, 0) is 87.8 Å². The Balaban J connectivity index is 0.000000356. The van der Waals surface area contributed by atoms with Gasteiger partial charge in [-0.3, -0.25) is 0 Å². The van der Waals surface area contributed by atoms with Gasteiger partial charge in [0.1, 0.15) is 23.9 Å². The molecular weight excluding hydrogens is 658 g/mol. The number of aliphatic hydroxyl groups is 2. The van der Waals surface area contributed by atoms with Crippen LogP contribution in [0.25, 0.3) is 0 Å². The van der Waals surface area contributed by atoms with Crippen LogP contribution in [0.15, 0.2) is 84.5 Å². The minimum atomic E-state index is -1.52. The molecule has 0 bridgehead atoms. The Hall–Kier alpha value is -3.44. The van der Waals surface area contributed by atoms with Crippen molar-refractivity contribution in [2.24, 2.45) is 11.8 Å². The number of aliphatic hydroxyl groups excluding tert-OH is 2. The van der Waals surface area contributed by atoms with Gasteiger partial charge in [0.2, 0.25) is 0 Å². The maximum atomic E-state index is 15.1. The molecule has 284 valence electrons. The summed E-state index contributed by atoms with van der Waals surface area (Å²) in [5, 5.41) is 20.2. The Morgan fingerprint density at radius 2 is 1.27 bits per heavy atom. The molecule has 0 amide bonds. The molecule has 3 rings (SSSR count). The SMILES string of the molecule is CCCC(O)C(O)C(OC(=O)c1ccccc1)/C(F)=C\CC(C)C.CCCC1OC(C)(C)OC1C(OC(=O)c1ccccc1)/C(F)=C\CC(C)C. The third-order valence-corrected chi connectivity index (χ3v) is 7.98. The van der Waals surface area contributed by atoms with Crippen LogP contribution in [0.3, 0.4) is 0 Å². The third-order valence-electron chi connectivity index (χ3n) is 7.98.